The van der Waals surface area contributed by atoms with Crippen LogP contribution in [-0.2, 0) is 0 Å². The minimum absolute atomic E-state index is 0.149. The molecule has 0 radical (unpaired) electrons. The summed E-state index contributed by atoms with van der Waals surface area (Å²) >= 11 is 5.17. The number of nitrogens with one attached hydrogen (secondary N) is 3. The zero-order chi connectivity index (χ0) is 18.9. The van der Waals surface area contributed by atoms with Crippen molar-refractivity contribution >= 4 is 34.8 Å². The molecule has 0 heterocycles. The Morgan fingerprint density at radius 2 is 1.77 bits per heavy atom. The van der Waals surface area contributed by atoms with Gasteiger partial charge in [0.1, 0.15) is 5.75 Å². The Hall–Kier alpha value is -2.93. The summed E-state index contributed by atoms with van der Waals surface area (Å²) in [7, 11) is 1.56. The lowest BCUT2D eigenvalue weighted by Gasteiger charge is -2.11. The molecule has 136 valence electrons. The summed E-state index contributed by atoms with van der Waals surface area (Å²) in [5.41, 5.74) is 1.60. The molecule has 2 rings (SSSR count). The van der Waals surface area contributed by atoms with Gasteiger partial charge in [-0.05, 0) is 61.1 Å². The van der Waals surface area contributed by atoms with Crippen molar-refractivity contribution in [2.24, 2.45) is 0 Å². The molecule has 0 unspecified atom stereocenters. The molecule has 3 N–H and O–H groups in total. The summed E-state index contributed by atoms with van der Waals surface area (Å²) < 4.78 is 5.06. The van der Waals surface area contributed by atoms with E-state index < -0.39 is 0 Å². The lowest BCUT2D eigenvalue weighted by molar-refractivity contribution is 0.0951. The van der Waals surface area contributed by atoms with E-state index in [0.717, 1.165) is 6.42 Å². The average molecular weight is 371 g/mol. The Kier molecular flexibility index (Phi) is 7.11. The highest BCUT2D eigenvalue weighted by Crippen LogP contribution is 2.12. The third-order valence-electron chi connectivity index (χ3n) is 3.50. The lowest BCUT2D eigenvalue weighted by atomic mass is 10.2. The maximum atomic E-state index is 12.2. The Labute approximate surface area is 157 Å². The van der Waals surface area contributed by atoms with Crippen LogP contribution in [-0.4, -0.2) is 30.6 Å². The van der Waals surface area contributed by atoms with Gasteiger partial charge in [0, 0.05) is 23.4 Å². The van der Waals surface area contributed by atoms with Gasteiger partial charge >= 0.3 is 0 Å². The molecule has 2 aromatic carbocycles. The molecule has 0 aromatic heterocycles. The summed E-state index contributed by atoms with van der Waals surface area (Å²) in [5.74, 6) is 0.186. The van der Waals surface area contributed by atoms with Gasteiger partial charge < -0.3 is 15.4 Å². The van der Waals surface area contributed by atoms with Gasteiger partial charge in [0.2, 0.25) is 0 Å². The highest BCUT2D eigenvalue weighted by Gasteiger charge is 2.09. The van der Waals surface area contributed by atoms with E-state index in [0.29, 0.717) is 29.1 Å². The Bertz CT molecular complexity index is 791. The van der Waals surface area contributed by atoms with Crippen LogP contribution in [0.4, 0.5) is 5.69 Å². The summed E-state index contributed by atoms with van der Waals surface area (Å²) in [5, 5.41) is 8.48. The first kappa shape index (κ1) is 19.4. The van der Waals surface area contributed by atoms with Crippen LogP contribution in [0, 0.1) is 0 Å². The number of ether oxygens (including phenoxy) is 1. The first-order valence-electron chi connectivity index (χ1n) is 8.18. The number of methoxy groups -OCH3 is 1. The van der Waals surface area contributed by atoms with Crippen molar-refractivity contribution in [2.75, 3.05) is 19.0 Å². The minimum atomic E-state index is -0.331. The SMILES string of the molecule is CCCNC(=O)c1cccc(NC(=S)NC(=O)c2ccc(OC)cc2)c1. The maximum absolute atomic E-state index is 12.2. The van der Waals surface area contributed by atoms with Crippen molar-refractivity contribution in [3.8, 4) is 5.75 Å². The first-order chi connectivity index (χ1) is 12.5. The number of amides is 2. The Balaban J connectivity index is 1.96. The summed E-state index contributed by atoms with van der Waals surface area (Å²) in [6.07, 6.45) is 0.866. The fourth-order valence-corrected chi connectivity index (χ4v) is 2.37. The third-order valence-corrected chi connectivity index (χ3v) is 3.70. The molecule has 6 nitrogen and oxygen atoms in total. The second kappa shape index (κ2) is 9.53. The van der Waals surface area contributed by atoms with Crippen molar-refractivity contribution < 1.29 is 14.3 Å². The number of thiocarbonyl (C=S) groups is 1. The van der Waals surface area contributed by atoms with Crippen LogP contribution in [0.2, 0.25) is 0 Å². The maximum Gasteiger partial charge on any atom is 0.257 e. The normalized spacial score (nSPS) is 9.92. The van der Waals surface area contributed by atoms with E-state index in [1.807, 2.05) is 6.92 Å². The molecule has 0 fully saturated rings. The molecule has 26 heavy (non-hydrogen) atoms. The van der Waals surface area contributed by atoms with Gasteiger partial charge in [0.15, 0.2) is 5.11 Å². The topological polar surface area (TPSA) is 79.5 Å². The van der Waals surface area contributed by atoms with Gasteiger partial charge in [-0.25, -0.2) is 0 Å². The van der Waals surface area contributed by atoms with Crippen LogP contribution in [0.3, 0.4) is 0 Å². The van der Waals surface area contributed by atoms with Crippen LogP contribution < -0.4 is 20.7 Å². The van der Waals surface area contributed by atoms with E-state index in [4.69, 9.17) is 17.0 Å². The van der Waals surface area contributed by atoms with Gasteiger partial charge in [-0.3, -0.25) is 14.9 Å². The molecule has 2 aromatic rings. The quantitative estimate of drug-likeness (QED) is 0.681. The van der Waals surface area contributed by atoms with Crippen molar-refractivity contribution in [1.29, 1.82) is 0 Å². The summed E-state index contributed by atoms with van der Waals surface area (Å²) in [6, 6.07) is 13.6. The van der Waals surface area contributed by atoms with Crippen LogP contribution in [0.1, 0.15) is 34.1 Å². The van der Waals surface area contributed by atoms with Crippen LogP contribution in [0.15, 0.2) is 48.5 Å². The molecule has 2 amide bonds. The molecule has 0 aliphatic heterocycles. The van der Waals surface area contributed by atoms with Crippen LogP contribution in [0.25, 0.3) is 0 Å². The monoisotopic (exact) mass is 371 g/mol. The number of anilines is 1. The predicted octanol–water partition coefficient (Wildman–Crippen LogP) is 2.96. The van der Waals surface area contributed by atoms with E-state index in [-0.39, 0.29) is 16.9 Å². The highest BCUT2D eigenvalue weighted by atomic mass is 32.1. The Morgan fingerprint density at radius 1 is 1.04 bits per heavy atom. The zero-order valence-electron chi connectivity index (χ0n) is 14.7. The van der Waals surface area contributed by atoms with Gasteiger partial charge in [-0.15, -0.1) is 0 Å². The van der Waals surface area contributed by atoms with Crippen LogP contribution >= 0.6 is 12.2 Å². The molecule has 0 saturated heterocycles. The molecular formula is C19H21N3O3S. The smallest absolute Gasteiger partial charge is 0.257 e. The van der Waals surface area contributed by atoms with Gasteiger partial charge in [0.05, 0.1) is 7.11 Å². The molecule has 0 spiro atoms. The molecular weight excluding hydrogens is 350 g/mol. The minimum Gasteiger partial charge on any atom is -0.497 e. The lowest BCUT2D eigenvalue weighted by Crippen LogP contribution is -2.34. The fraction of sp³-hybridized carbons (Fsp3) is 0.211. The second-order valence-electron chi connectivity index (χ2n) is 5.47. The highest BCUT2D eigenvalue weighted by molar-refractivity contribution is 7.80. The fourth-order valence-electron chi connectivity index (χ4n) is 2.16. The predicted molar refractivity (Wildman–Crippen MR) is 106 cm³/mol. The van der Waals surface area contributed by atoms with Gasteiger partial charge in [0.25, 0.3) is 11.8 Å². The first-order valence-corrected chi connectivity index (χ1v) is 8.59. The van der Waals surface area contributed by atoms with Gasteiger partial charge in [-0.1, -0.05) is 13.0 Å². The van der Waals surface area contributed by atoms with E-state index in [1.165, 1.54) is 0 Å². The van der Waals surface area contributed by atoms with Crippen molar-refractivity contribution in [1.82, 2.24) is 10.6 Å². The number of rotatable bonds is 6. The number of carbonyl (C=O) groups excluding carboxylic acids is 2. The van der Waals surface area contributed by atoms with Crippen molar-refractivity contribution in [2.45, 2.75) is 13.3 Å². The second-order valence-corrected chi connectivity index (χ2v) is 5.88. The Morgan fingerprint density at radius 3 is 2.42 bits per heavy atom. The number of benzene rings is 2. The molecule has 0 saturated carbocycles. The molecule has 0 bridgehead atoms. The summed E-state index contributed by atoms with van der Waals surface area (Å²) in [4.78, 5) is 24.2. The molecule has 0 atom stereocenters. The number of hydrogen-bond acceptors (Lipinski definition) is 4. The third kappa shape index (κ3) is 5.56. The van der Waals surface area contributed by atoms with Crippen molar-refractivity contribution in [3.05, 3.63) is 59.7 Å². The molecule has 0 aliphatic carbocycles. The van der Waals surface area contributed by atoms with E-state index in [1.54, 1.807) is 55.6 Å². The van der Waals surface area contributed by atoms with E-state index >= 15 is 0 Å². The van der Waals surface area contributed by atoms with E-state index in [2.05, 4.69) is 16.0 Å². The van der Waals surface area contributed by atoms with Gasteiger partial charge in [-0.2, -0.15) is 0 Å². The molecule has 7 heteroatoms. The standard InChI is InChI=1S/C19H21N3O3S/c1-3-11-20-17(23)14-5-4-6-15(12-14)21-19(26)22-18(24)13-7-9-16(25-2)10-8-13/h4-10,12H,3,11H2,1-2H3,(H,20,23)(H2,21,22,24,26). The summed E-state index contributed by atoms with van der Waals surface area (Å²) in [6.45, 7) is 2.61. The number of hydrogen-bond donors (Lipinski definition) is 3. The zero-order valence-corrected chi connectivity index (χ0v) is 15.5. The van der Waals surface area contributed by atoms with Crippen molar-refractivity contribution in [3.63, 3.8) is 0 Å². The van der Waals surface area contributed by atoms with Crippen LogP contribution in [0.5, 0.6) is 5.75 Å². The largest absolute Gasteiger partial charge is 0.497 e. The average Bonchev–Trinajstić information content (AvgIpc) is 2.66. The van der Waals surface area contributed by atoms with E-state index in [9.17, 15) is 9.59 Å². The molecule has 0 aliphatic rings. The number of carbonyl (C=O) groups is 2.